The Bertz CT molecular complexity index is 757. The zero-order valence-corrected chi connectivity index (χ0v) is 13.2. The highest BCUT2D eigenvalue weighted by atomic mass is 79.9. The molecule has 0 unspecified atom stereocenters. The minimum Gasteiger partial charge on any atom is -0.478 e. The Kier molecular flexibility index (Phi) is 4.64. The van der Waals surface area contributed by atoms with Crippen LogP contribution in [0.2, 0.25) is 0 Å². The highest BCUT2D eigenvalue weighted by Gasteiger charge is 2.17. The van der Waals surface area contributed by atoms with Gasteiger partial charge in [0.05, 0.1) is 16.1 Å². The number of rotatable bonds is 5. The van der Waals surface area contributed by atoms with E-state index in [0.717, 1.165) is 5.56 Å². The summed E-state index contributed by atoms with van der Waals surface area (Å²) in [5.74, 6) is -1.19. The summed E-state index contributed by atoms with van der Waals surface area (Å²) >= 11 is 3.28. The number of carboxylic acid groups (broad SMARTS) is 1. The van der Waals surface area contributed by atoms with Crippen molar-refractivity contribution in [3.8, 4) is 0 Å². The second-order valence-electron chi connectivity index (χ2n) is 4.23. The van der Waals surface area contributed by atoms with Crippen LogP contribution in [0.4, 0.5) is 5.69 Å². The van der Waals surface area contributed by atoms with Gasteiger partial charge in [0.2, 0.25) is 0 Å². The third-order valence-corrected chi connectivity index (χ3v) is 4.82. The summed E-state index contributed by atoms with van der Waals surface area (Å²) in [6.07, 6.45) is 0. The third-order valence-electron chi connectivity index (χ3n) is 2.79. The molecule has 2 rings (SSSR count). The second-order valence-corrected chi connectivity index (χ2v) is 6.48. The third kappa shape index (κ3) is 3.62. The largest absolute Gasteiger partial charge is 0.478 e. The summed E-state index contributed by atoms with van der Waals surface area (Å²) in [6, 6.07) is 12.2. The van der Waals surface area contributed by atoms with Crippen molar-refractivity contribution < 1.29 is 18.3 Å². The number of alkyl halides is 1. The monoisotopic (exact) mass is 369 g/mol. The molecule has 2 N–H and O–H groups in total. The van der Waals surface area contributed by atoms with Crippen LogP contribution in [0.25, 0.3) is 0 Å². The molecular formula is C14H12BrNO4S. The normalized spacial score (nSPS) is 11.1. The topological polar surface area (TPSA) is 83.5 Å². The van der Waals surface area contributed by atoms with E-state index >= 15 is 0 Å². The molecule has 0 heterocycles. The summed E-state index contributed by atoms with van der Waals surface area (Å²) in [5.41, 5.74) is 0.882. The van der Waals surface area contributed by atoms with Gasteiger partial charge < -0.3 is 5.11 Å². The van der Waals surface area contributed by atoms with Gasteiger partial charge in [-0.05, 0) is 29.8 Å². The average molecular weight is 370 g/mol. The highest BCUT2D eigenvalue weighted by Crippen LogP contribution is 2.20. The molecule has 0 aromatic heterocycles. The number of halogens is 1. The Labute approximate surface area is 130 Å². The van der Waals surface area contributed by atoms with Crippen molar-refractivity contribution >= 4 is 37.6 Å². The number of anilines is 1. The Morgan fingerprint density at radius 2 is 1.71 bits per heavy atom. The lowest BCUT2D eigenvalue weighted by atomic mass is 10.2. The zero-order chi connectivity index (χ0) is 15.5. The van der Waals surface area contributed by atoms with Crippen LogP contribution in [0, 0.1) is 0 Å². The van der Waals surface area contributed by atoms with Gasteiger partial charge in [0.1, 0.15) is 0 Å². The fraction of sp³-hybridized carbons (Fsp3) is 0.0714. The van der Waals surface area contributed by atoms with E-state index in [1.807, 2.05) is 0 Å². The van der Waals surface area contributed by atoms with Gasteiger partial charge >= 0.3 is 5.97 Å². The van der Waals surface area contributed by atoms with Crippen molar-refractivity contribution in [1.82, 2.24) is 0 Å². The van der Waals surface area contributed by atoms with Crippen LogP contribution in [0.3, 0.4) is 0 Å². The molecule has 2 aromatic rings. The van der Waals surface area contributed by atoms with Crippen LogP contribution in [-0.4, -0.2) is 19.5 Å². The molecule has 7 heteroatoms. The van der Waals surface area contributed by atoms with Crippen molar-refractivity contribution in [3.63, 3.8) is 0 Å². The molecule has 110 valence electrons. The Morgan fingerprint density at radius 3 is 2.29 bits per heavy atom. The number of hydrogen-bond acceptors (Lipinski definition) is 3. The molecular weight excluding hydrogens is 358 g/mol. The molecule has 0 saturated carbocycles. The molecule has 0 fully saturated rings. The number of nitrogens with one attached hydrogen (secondary N) is 1. The fourth-order valence-electron chi connectivity index (χ4n) is 1.72. The van der Waals surface area contributed by atoms with Gasteiger partial charge in [-0.15, -0.1) is 0 Å². The maximum absolute atomic E-state index is 12.3. The van der Waals surface area contributed by atoms with Crippen molar-refractivity contribution in [1.29, 1.82) is 0 Å². The first-order chi connectivity index (χ1) is 9.94. The molecule has 5 nitrogen and oxygen atoms in total. The first-order valence-corrected chi connectivity index (χ1v) is 8.54. The number of carbonyl (C=O) groups is 1. The Morgan fingerprint density at radius 1 is 1.10 bits per heavy atom. The van der Waals surface area contributed by atoms with Crippen molar-refractivity contribution in [2.45, 2.75) is 10.2 Å². The van der Waals surface area contributed by atoms with Crippen LogP contribution < -0.4 is 4.72 Å². The van der Waals surface area contributed by atoms with Crippen molar-refractivity contribution in [2.24, 2.45) is 0 Å². The van der Waals surface area contributed by atoms with Gasteiger partial charge in [0.25, 0.3) is 10.0 Å². The molecule has 21 heavy (non-hydrogen) atoms. The van der Waals surface area contributed by atoms with E-state index in [1.165, 1.54) is 30.3 Å². The second kappa shape index (κ2) is 6.28. The maximum Gasteiger partial charge on any atom is 0.337 e. The number of carboxylic acids is 1. The molecule has 0 bridgehead atoms. The SMILES string of the molecule is O=C(O)c1ccccc1NS(=O)(=O)c1ccc(CBr)cc1. The van der Waals surface area contributed by atoms with Gasteiger partial charge in [0, 0.05) is 5.33 Å². The first-order valence-electron chi connectivity index (χ1n) is 5.94. The van der Waals surface area contributed by atoms with Crippen molar-refractivity contribution in [3.05, 3.63) is 59.7 Å². The summed E-state index contributed by atoms with van der Waals surface area (Å²) in [5, 5.41) is 9.69. The smallest absolute Gasteiger partial charge is 0.337 e. The lowest BCUT2D eigenvalue weighted by Gasteiger charge is -2.10. The minimum absolute atomic E-state index is 0.0366. The number of benzene rings is 2. The molecule has 0 amide bonds. The standard InChI is InChI=1S/C14H12BrNO4S/c15-9-10-5-7-11(8-6-10)21(19,20)16-13-4-2-1-3-12(13)14(17)18/h1-8,16H,9H2,(H,17,18). The zero-order valence-electron chi connectivity index (χ0n) is 10.8. The van der Waals surface area contributed by atoms with Crippen LogP contribution >= 0.6 is 15.9 Å². The van der Waals surface area contributed by atoms with Gasteiger partial charge in [-0.1, -0.05) is 40.2 Å². The first kappa shape index (κ1) is 15.5. The van der Waals surface area contributed by atoms with Crippen molar-refractivity contribution in [2.75, 3.05) is 4.72 Å². The predicted octanol–water partition coefficient (Wildman–Crippen LogP) is 3.08. The molecule has 0 aliphatic rings. The van der Waals surface area contributed by atoms with Crippen LogP contribution in [0.1, 0.15) is 15.9 Å². The van der Waals surface area contributed by atoms with Gasteiger partial charge in [-0.25, -0.2) is 13.2 Å². The highest BCUT2D eigenvalue weighted by molar-refractivity contribution is 9.08. The van der Waals surface area contributed by atoms with E-state index in [-0.39, 0.29) is 16.1 Å². The van der Waals surface area contributed by atoms with Gasteiger partial charge in [0.15, 0.2) is 0 Å². The maximum atomic E-state index is 12.3. The van der Waals surface area contributed by atoms with E-state index in [0.29, 0.717) is 5.33 Å². The van der Waals surface area contributed by atoms with E-state index in [2.05, 4.69) is 20.7 Å². The lowest BCUT2D eigenvalue weighted by molar-refractivity contribution is 0.0698. The van der Waals surface area contributed by atoms with Crippen LogP contribution in [0.15, 0.2) is 53.4 Å². The fourth-order valence-corrected chi connectivity index (χ4v) is 3.17. The minimum atomic E-state index is -3.82. The average Bonchev–Trinajstić information content (AvgIpc) is 2.47. The molecule has 0 saturated heterocycles. The molecule has 0 aliphatic heterocycles. The lowest BCUT2D eigenvalue weighted by Crippen LogP contribution is -2.15. The summed E-state index contributed by atoms with van der Waals surface area (Å²) in [6.45, 7) is 0. The molecule has 0 spiro atoms. The number of sulfonamides is 1. The van der Waals surface area contributed by atoms with E-state index in [9.17, 15) is 13.2 Å². The number of para-hydroxylation sites is 1. The summed E-state index contributed by atoms with van der Waals surface area (Å²) < 4.78 is 26.8. The quantitative estimate of drug-likeness (QED) is 0.793. The molecule has 0 atom stereocenters. The van der Waals surface area contributed by atoms with E-state index in [4.69, 9.17) is 5.11 Å². The summed E-state index contributed by atoms with van der Waals surface area (Å²) in [4.78, 5) is 11.2. The van der Waals surface area contributed by atoms with Gasteiger partial charge in [-0.2, -0.15) is 0 Å². The number of hydrogen-bond donors (Lipinski definition) is 2. The Balaban J connectivity index is 2.35. The molecule has 0 aliphatic carbocycles. The number of aromatic carboxylic acids is 1. The predicted molar refractivity (Wildman–Crippen MR) is 83.3 cm³/mol. The molecule has 2 aromatic carbocycles. The van der Waals surface area contributed by atoms with Crippen LogP contribution in [0.5, 0.6) is 0 Å². The van der Waals surface area contributed by atoms with Gasteiger partial charge in [-0.3, -0.25) is 4.72 Å². The van der Waals surface area contributed by atoms with E-state index in [1.54, 1.807) is 18.2 Å². The van der Waals surface area contributed by atoms with Crippen LogP contribution in [-0.2, 0) is 15.4 Å². The van der Waals surface area contributed by atoms with E-state index < -0.39 is 16.0 Å². The summed E-state index contributed by atoms with van der Waals surface area (Å²) in [7, 11) is -3.82. The molecule has 0 radical (unpaired) electrons. The Hall–Kier alpha value is -1.86.